The zero-order chi connectivity index (χ0) is 25.8. The van der Waals surface area contributed by atoms with Crippen molar-refractivity contribution in [3.8, 4) is 6.07 Å². The van der Waals surface area contributed by atoms with Crippen molar-refractivity contribution in [3.63, 3.8) is 0 Å². The van der Waals surface area contributed by atoms with Gasteiger partial charge in [0.15, 0.2) is 5.65 Å². The van der Waals surface area contributed by atoms with Gasteiger partial charge in [-0.3, -0.25) is 4.79 Å². The van der Waals surface area contributed by atoms with Crippen molar-refractivity contribution in [2.45, 2.75) is 37.8 Å². The number of amides is 1. The Bertz CT molecular complexity index is 1250. The van der Waals surface area contributed by atoms with E-state index in [0.29, 0.717) is 11.5 Å². The third-order valence-corrected chi connectivity index (χ3v) is 7.45. The van der Waals surface area contributed by atoms with Crippen LogP contribution in [0.5, 0.6) is 0 Å². The molecule has 194 valence electrons. The molecule has 2 aliphatic rings. The number of aromatic nitrogens is 3. The van der Waals surface area contributed by atoms with Crippen molar-refractivity contribution in [3.05, 3.63) is 48.2 Å². The number of piperidine rings is 2. The Morgan fingerprint density at radius 2 is 1.86 bits per heavy atom. The molecule has 10 nitrogen and oxygen atoms in total. The van der Waals surface area contributed by atoms with Gasteiger partial charge in [-0.25, -0.2) is 4.52 Å². The third kappa shape index (κ3) is 5.68. The van der Waals surface area contributed by atoms with Crippen LogP contribution in [0, 0.1) is 11.3 Å². The minimum Gasteiger partial charge on any atom is -0.368 e. The van der Waals surface area contributed by atoms with Gasteiger partial charge in [0.2, 0.25) is 5.95 Å². The molecular formula is C27H34N8O2. The summed E-state index contributed by atoms with van der Waals surface area (Å²) in [7, 11) is 4.03. The number of hydrogen-bond donors (Lipinski definition) is 1. The number of hydrogen-bond acceptors (Lipinski definition) is 8. The summed E-state index contributed by atoms with van der Waals surface area (Å²) in [6.45, 7) is 3.87. The molecule has 0 unspecified atom stereocenters. The second kappa shape index (κ2) is 11.2. The highest BCUT2D eigenvalue weighted by atomic mass is 16.5. The number of carbonyl (C=O) groups is 1. The molecule has 0 atom stereocenters. The van der Waals surface area contributed by atoms with Gasteiger partial charge >= 0.3 is 0 Å². The molecule has 10 heteroatoms. The first-order valence-electron chi connectivity index (χ1n) is 12.9. The van der Waals surface area contributed by atoms with Crippen LogP contribution >= 0.6 is 0 Å². The van der Waals surface area contributed by atoms with E-state index in [1.165, 1.54) is 0 Å². The lowest BCUT2D eigenvalue weighted by molar-refractivity contribution is 0.0588. The highest BCUT2D eigenvalue weighted by Crippen LogP contribution is 2.26. The SMILES string of the molecule is CN1CCC(N(C)C(=O)c2ccc(Nc3nc4c(N5CCC(OCC#N)CC5)cccn4n3)cc2)CC1. The number of nitrogens with zero attached hydrogens (tertiary/aromatic N) is 7. The van der Waals surface area contributed by atoms with Gasteiger partial charge in [0, 0.05) is 43.6 Å². The monoisotopic (exact) mass is 502 g/mol. The van der Waals surface area contributed by atoms with E-state index in [-0.39, 0.29) is 24.7 Å². The molecule has 1 N–H and O–H groups in total. The maximum absolute atomic E-state index is 13.0. The van der Waals surface area contributed by atoms with Crippen LogP contribution in [0.3, 0.4) is 0 Å². The van der Waals surface area contributed by atoms with Crippen LogP contribution in [-0.4, -0.2) is 89.3 Å². The minimum atomic E-state index is 0.0541. The van der Waals surface area contributed by atoms with E-state index in [0.717, 1.165) is 68.9 Å². The van der Waals surface area contributed by atoms with Crippen LogP contribution in [0.2, 0.25) is 0 Å². The number of rotatable bonds is 7. The summed E-state index contributed by atoms with van der Waals surface area (Å²) in [4.78, 5) is 24.2. The molecule has 0 aliphatic carbocycles. The summed E-state index contributed by atoms with van der Waals surface area (Å²) in [5, 5.41) is 16.6. The van der Waals surface area contributed by atoms with E-state index < -0.39 is 0 Å². The molecule has 0 bridgehead atoms. The molecule has 37 heavy (non-hydrogen) atoms. The fourth-order valence-electron chi connectivity index (χ4n) is 5.19. The lowest BCUT2D eigenvalue weighted by Gasteiger charge is -2.35. The summed E-state index contributed by atoms with van der Waals surface area (Å²) < 4.78 is 7.37. The molecule has 0 spiro atoms. The second-order valence-corrected chi connectivity index (χ2v) is 9.91. The Morgan fingerprint density at radius 3 is 2.57 bits per heavy atom. The number of likely N-dealkylation sites (tertiary alicyclic amines) is 1. The van der Waals surface area contributed by atoms with Crippen molar-refractivity contribution in [2.24, 2.45) is 0 Å². The molecule has 2 aliphatic heterocycles. The molecular weight excluding hydrogens is 468 g/mol. The number of ether oxygens (including phenoxy) is 1. The highest BCUT2D eigenvalue weighted by molar-refractivity contribution is 5.94. The van der Waals surface area contributed by atoms with E-state index in [9.17, 15) is 4.79 Å². The molecule has 0 radical (unpaired) electrons. The number of nitriles is 1. The lowest BCUT2D eigenvalue weighted by Crippen LogP contribution is -2.44. The standard InChI is InChI=1S/C27H34N8O2/c1-32-15-9-22(10-16-32)33(2)26(36)20-5-7-21(8-6-20)29-27-30-25-24(4-3-14-35(25)31-27)34-17-11-23(12-18-34)37-19-13-28/h3-8,14,22-23H,9-12,15-19H2,1-2H3,(H,29,31). The van der Waals surface area contributed by atoms with Gasteiger partial charge in [-0.05, 0) is 82.2 Å². The van der Waals surface area contributed by atoms with Crippen LogP contribution < -0.4 is 10.2 Å². The average Bonchev–Trinajstić information content (AvgIpc) is 3.35. The number of anilines is 3. The Labute approximate surface area is 217 Å². The Hall–Kier alpha value is -3.68. The fraction of sp³-hybridized carbons (Fsp3) is 0.481. The number of pyridine rings is 1. The summed E-state index contributed by atoms with van der Waals surface area (Å²) in [6.07, 6.45) is 5.78. The smallest absolute Gasteiger partial charge is 0.253 e. The Kier molecular flexibility index (Phi) is 7.53. The number of fused-ring (bicyclic) bond motifs is 1. The van der Waals surface area contributed by atoms with Crippen LogP contribution in [0.15, 0.2) is 42.6 Å². The third-order valence-electron chi connectivity index (χ3n) is 7.45. The molecule has 0 saturated carbocycles. The molecule has 1 aromatic carbocycles. The molecule has 1 amide bonds. The van der Waals surface area contributed by atoms with Gasteiger partial charge in [-0.1, -0.05) is 0 Å². The second-order valence-electron chi connectivity index (χ2n) is 9.91. The van der Waals surface area contributed by atoms with E-state index in [4.69, 9.17) is 15.0 Å². The maximum Gasteiger partial charge on any atom is 0.253 e. The zero-order valence-electron chi connectivity index (χ0n) is 21.5. The summed E-state index contributed by atoms with van der Waals surface area (Å²) in [5.41, 5.74) is 3.32. The van der Waals surface area contributed by atoms with E-state index >= 15 is 0 Å². The number of nitrogens with one attached hydrogen (secondary N) is 1. The Balaban J connectivity index is 1.23. The van der Waals surface area contributed by atoms with Crippen LogP contribution in [0.1, 0.15) is 36.0 Å². The van der Waals surface area contributed by atoms with Crippen molar-refractivity contribution in [1.82, 2.24) is 24.4 Å². The molecule has 2 fully saturated rings. The van der Waals surface area contributed by atoms with Gasteiger partial charge < -0.3 is 24.8 Å². The maximum atomic E-state index is 13.0. The predicted octanol–water partition coefficient (Wildman–Crippen LogP) is 3.15. The zero-order valence-corrected chi connectivity index (χ0v) is 21.5. The van der Waals surface area contributed by atoms with Gasteiger partial charge in [0.1, 0.15) is 6.61 Å². The summed E-state index contributed by atoms with van der Waals surface area (Å²) in [5.74, 6) is 0.556. The topological polar surface area (TPSA) is 102 Å². The van der Waals surface area contributed by atoms with E-state index in [1.807, 2.05) is 54.5 Å². The first kappa shape index (κ1) is 25.0. The average molecular weight is 503 g/mol. The lowest BCUT2D eigenvalue weighted by atomic mass is 10.0. The quantitative estimate of drug-likeness (QED) is 0.526. The fourth-order valence-corrected chi connectivity index (χ4v) is 5.19. The largest absolute Gasteiger partial charge is 0.368 e. The first-order chi connectivity index (χ1) is 18.0. The highest BCUT2D eigenvalue weighted by Gasteiger charge is 2.25. The van der Waals surface area contributed by atoms with Crippen molar-refractivity contribution in [1.29, 1.82) is 5.26 Å². The molecule has 3 aromatic rings. The summed E-state index contributed by atoms with van der Waals surface area (Å²) >= 11 is 0. The minimum absolute atomic E-state index is 0.0541. The Morgan fingerprint density at radius 1 is 1.14 bits per heavy atom. The number of carbonyl (C=O) groups excluding carboxylic acids is 1. The first-order valence-corrected chi connectivity index (χ1v) is 12.9. The van der Waals surface area contributed by atoms with Gasteiger partial charge in [-0.2, -0.15) is 10.2 Å². The van der Waals surface area contributed by atoms with Gasteiger partial charge in [0.05, 0.1) is 17.9 Å². The van der Waals surface area contributed by atoms with Crippen molar-refractivity contribution >= 4 is 28.9 Å². The predicted molar refractivity (Wildman–Crippen MR) is 142 cm³/mol. The normalized spacial score (nSPS) is 17.6. The van der Waals surface area contributed by atoms with E-state index in [2.05, 4.69) is 33.3 Å². The van der Waals surface area contributed by atoms with Gasteiger partial charge in [0.25, 0.3) is 5.91 Å². The van der Waals surface area contributed by atoms with Crippen molar-refractivity contribution < 1.29 is 9.53 Å². The molecule has 4 heterocycles. The van der Waals surface area contributed by atoms with E-state index in [1.54, 1.807) is 4.52 Å². The van der Waals surface area contributed by atoms with Crippen molar-refractivity contribution in [2.75, 3.05) is 57.1 Å². The van der Waals surface area contributed by atoms with Crippen LogP contribution in [-0.2, 0) is 4.74 Å². The van der Waals surface area contributed by atoms with Crippen LogP contribution in [0.4, 0.5) is 17.3 Å². The summed E-state index contributed by atoms with van der Waals surface area (Å²) in [6, 6.07) is 13.9. The molecule has 2 saturated heterocycles. The molecule has 5 rings (SSSR count). The van der Waals surface area contributed by atoms with Gasteiger partial charge in [-0.15, -0.1) is 5.10 Å². The molecule has 2 aromatic heterocycles. The number of benzene rings is 1. The van der Waals surface area contributed by atoms with Crippen LogP contribution in [0.25, 0.3) is 5.65 Å².